The Bertz CT molecular complexity index is 299. The summed E-state index contributed by atoms with van der Waals surface area (Å²) in [6.07, 6.45) is 0.669. The van der Waals surface area contributed by atoms with Crippen LogP contribution >= 0.6 is 28.3 Å². The van der Waals surface area contributed by atoms with Crippen molar-refractivity contribution in [2.75, 3.05) is 18.5 Å². The second-order valence-electron chi connectivity index (χ2n) is 3.33. The molecule has 1 rings (SSSR count). The van der Waals surface area contributed by atoms with E-state index in [1.807, 2.05) is 24.3 Å². The van der Waals surface area contributed by atoms with Crippen molar-refractivity contribution in [1.29, 1.82) is 0 Å². The molecule has 0 spiro atoms. The normalized spacial score (nSPS) is 11.7. The van der Waals surface area contributed by atoms with Crippen LogP contribution in [0.4, 0.5) is 0 Å². The Hall–Kier alpha value is -0.290. The van der Waals surface area contributed by atoms with Crippen LogP contribution < -0.4 is 10.5 Å². The first kappa shape index (κ1) is 15.7. The second-order valence-corrected chi connectivity index (χ2v) is 4.12. The van der Waals surface area contributed by atoms with Gasteiger partial charge in [-0.15, -0.1) is 12.4 Å². The number of aliphatic hydroxyl groups is 1. The van der Waals surface area contributed by atoms with Crippen LogP contribution in [0.2, 0.25) is 0 Å². The molecule has 0 aromatic heterocycles. The van der Waals surface area contributed by atoms with Gasteiger partial charge < -0.3 is 15.6 Å². The lowest BCUT2D eigenvalue weighted by Gasteiger charge is -2.10. The van der Waals surface area contributed by atoms with E-state index in [0.717, 1.165) is 16.6 Å². The Morgan fingerprint density at radius 2 is 2.19 bits per heavy atom. The molecule has 0 aliphatic carbocycles. The highest BCUT2D eigenvalue weighted by Crippen LogP contribution is 2.14. The summed E-state index contributed by atoms with van der Waals surface area (Å²) in [7, 11) is 0. The van der Waals surface area contributed by atoms with Crippen molar-refractivity contribution in [2.45, 2.75) is 12.5 Å². The second kappa shape index (κ2) is 8.82. The van der Waals surface area contributed by atoms with E-state index in [9.17, 15) is 0 Å². The van der Waals surface area contributed by atoms with Gasteiger partial charge >= 0.3 is 0 Å². The number of hydrogen-bond donors (Lipinski definition) is 2. The van der Waals surface area contributed by atoms with E-state index in [1.54, 1.807) is 0 Å². The molecule has 1 unspecified atom stereocenters. The molecular formula is C11H17BrClNO2. The molecule has 1 aromatic carbocycles. The zero-order chi connectivity index (χ0) is 11.1. The number of halogens is 2. The van der Waals surface area contributed by atoms with Crippen LogP contribution in [0, 0.1) is 0 Å². The summed E-state index contributed by atoms with van der Waals surface area (Å²) in [6.45, 7) is 0.655. The van der Waals surface area contributed by atoms with Crippen LogP contribution in [0.1, 0.15) is 5.56 Å². The van der Waals surface area contributed by atoms with Crippen molar-refractivity contribution in [2.24, 2.45) is 5.73 Å². The van der Waals surface area contributed by atoms with Crippen molar-refractivity contribution in [3.05, 3.63) is 29.8 Å². The van der Waals surface area contributed by atoms with Gasteiger partial charge in [0.25, 0.3) is 0 Å². The fourth-order valence-corrected chi connectivity index (χ4v) is 1.45. The number of nitrogens with two attached hydrogens (primary N) is 1. The zero-order valence-electron chi connectivity index (χ0n) is 8.93. The van der Waals surface area contributed by atoms with Crippen LogP contribution in [-0.2, 0) is 6.42 Å². The minimum atomic E-state index is -0.198. The molecule has 1 aromatic rings. The van der Waals surface area contributed by atoms with Crippen molar-refractivity contribution in [3.8, 4) is 5.75 Å². The SMILES string of the molecule is Cl.NC(CO)Cc1cccc(OCCBr)c1. The van der Waals surface area contributed by atoms with Crippen LogP contribution in [0.25, 0.3) is 0 Å². The fraction of sp³-hybridized carbons (Fsp3) is 0.455. The van der Waals surface area contributed by atoms with Gasteiger partial charge in [0, 0.05) is 11.4 Å². The summed E-state index contributed by atoms with van der Waals surface area (Å²) in [6, 6.07) is 7.59. The molecule has 0 fully saturated rings. The number of aliphatic hydroxyl groups excluding tert-OH is 1. The maximum atomic E-state index is 8.84. The first-order chi connectivity index (χ1) is 7.26. The van der Waals surface area contributed by atoms with E-state index in [1.165, 1.54) is 0 Å². The Balaban J connectivity index is 0.00000225. The van der Waals surface area contributed by atoms with Gasteiger partial charge in [0.05, 0.1) is 13.2 Å². The lowest BCUT2D eigenvalue weighted by molar-refractivity contribution is 0.265. The topological polar surface area (TPSA) is 55.5 Å². The molecule has 0 aliphatic heterocycles. The minimum absolute atomic E-state index is 0. The molecule has 0 heterocycles. The highest BCUT2D eigenvalue weighted by Gasteiger charge is 2.03. The largest absolute Gasteiger partial charge is 0.493 e. The van der Waals surface area contributed by atoms with Gasteiger partial charge in [0.2, 0.25) is 0 Å². The molecule has 0 aliphatic rings. The van der Waals surface area contributed by atoms with Gasteiger partial charge in [0.15, 0.2) is 0 Å². The van der Waals surface area contributed by atoms with E-state index in [2.05, 4.69) is 15.9 Å². The third-order valence-electron chi connectivity index (χ3n) is 1.98. The summed E-state index contributed by atoms with van der Waals surface area (Å²) in [5.74, 6) is 0.845. The average Bonchev–Trinajstić information content (AvgIpc) is 2.26. The monoisotopic (exact) mass is 309 g/mol. The maximum absolute atomic E-state index is 8.84. The van der Waals surface area contributed by atoms with E-state index >= 15 is 0 Å². The van der Waals surface area contributed by atoms with E-state index in [0.29, 0.717) is 13.0 Å². The smallest absolute Gasteiger partial charge is 0.119 e. The zero-order valence-corrected chi connectivity index (χ0v) is 11.3. The van der Waals surface area contributed by atoms with Crippen molar-refractivity contribution < 1.29 is 9.84 Å². The highest BCUT2D eigenvalue weighted by atomic mass is 79.9. The molecule has 0 saturated carbocycles. The summed E-state index contributed by atoms with van der Waals surface area (Å²) < 4.78 is 5.46. The Morgan fingerprint density at radius 1 is 1.44 bits per heavy atom. The number of hydrogen-bond acceptors (Lipinski definition) is 3. The Kier molecular flexibility index (Phi) is 8.66. The predicted octanol–water partition coefficient (Wildman–Crippen LogP) is 1.74. The first-order valence-corrected chi connectivity index (χ1v) is 6.02. The molecular weight excluding hydrogens is 293 g/mol. The van der Waals surface area contributed by atoms with Crippen molar-refractivity contribution in [1.82, 2.24) is 0 Å². The van der Waals surface area contributed by atoms with E-state index in [4.69, 9.17) is 15.6 Å². The van der Waals surface area contributed by atoms with E-state index < -0.39 is 0 Å². The minimum Gasteiger partial charge on any atom is -0.493 e. The van der Waals surface area contributed by atoms with Crippen LogP contribution in [0.15, 0.2) is 24.3 Å². The molecule has 3 nitrogen and oxygen atoms in total. The lowest BCUT2D eigenvalue weighted by Crippen LogP contribution is -2.26. The van der Waals surface area contributed by atoms with Gasteiger partial charge in [-0.25, -0.2) is 0 Å². The lowest BCUT2D eigenvalue weighted by atomic mass is 10.1. The average molecular weight is 311 g/mol. The van der Waals surface area contributed by atoms with Gasteiger partial charge in [-0.1, -0.05) is 28.1 Å². The van der Waals surface area contributed by atoms with Crippen LogP contribution in [0.3, 0.4) is 0 Å². The first-order valence-electron chi connectivity index (χ1n) is 4.90. The molecule has 92 valence electrons. The summed E-state index contributed by atoms with van der Waals surface area (Å²) in [5, 5.41) is 9.66. The predicted molar refractivity (Wildman–Crippen MR) is 71.7 cm³/mol. The summed E-state index contributed by atoms with van der Waals surface area (Å²) in [5.41, 5.74) is 6.74. The van der Waals surface area contributed by atoms with Gasteiger partial charge in [0.1, 0.15) is 5.75 Å². The molecule has 16 heavy (non-hydrogen) atoms. The highest BCUT2D eigenvalue weighted by molar-refractivity contribution is 9.09. The fourth-order valence-electron chi connectivity index (χ4n) is 1.29. The number of alkyl halides is 1. The molecule has 3 N–H and O–H groups in total. The third kappa shape index (κ3) is 5.70. The van der Waals surface area contributed by atoms with Crippen molar-refractivity contribution >= 4 is 28.3 Å². The molecule has 0 radical (unpaired) electrons. The molecule has 1 atom stereocenters. The van der Waals surface area contributed by atoms with Crippen LogP contribution in [0.5, 0.6) is 5.75 Å². The number of ether oxygens (including phenoxy) is 1. The van der Waals surface area contributed by atoms with E-state index in [-0.39, 0.29) is 25.1 Å². The third-order valence-corrected chi connectivity index (χ3v) is 2.30. The Labute approximate surface area is 111 Å². The molecule has 0 amide bonds. The van der Waals surface area contributed by atoms with Crippen LogP contribution in [-0.4, -0.2) is 29.7 Å². The molecule has 0 saturated heterocycles. The van der Waals surface area contributed by atoms with Gasteiger partial charge in [-0.2, -0.15) is 0 Å². The summed E-state index contributed by atoms with van der Waals surface area (Å²) >= 11 is 3.30. The van der Waals surface area contributed by atoms with Gasteiger partial charge in [-0.3, -0.25) is 0 Å². The molecule has 5 heteroatoms. The number of benzene rings is 1. The van der Waals surface area contributed by atoms with Gasteiger partial charge in [-0.05, 0) is 24.1 Å². The maximum Gasteiger partial charge on any atom is 0.119 e. The molecule has 0 bridgehead atoms. The summed E-state index contributed by atoms with van der Waals surface area (Å²) in [4.78, 5) is 0. The Morgan fingerprint density at radius 3 is 2.81 bits per heavy atom. The number of rotatable bonds is 6. The standard InChI is InChI=1S/C11H16BrNO2.ClH/c12-4-5-15-11-3-1-2-9(7-11)6-10(13)8-14;/h1-3,7,10,14H,4-6,8,13H2;1H. The quantitative estimate of drug-likeness (QED) is 0.787. The van der Waals surface area contributed by atoms with Crippen molar-refractivity contribution in [3.63, 3.8) is 0 Å².